The van der Waals surface area contributed by atoms with Crippen LogP contribution in [0.15, 0.2) is 0 Å². The maximum atomic E-state index is 13.0. The first-order valence-electron chi connectivity index (χ1n) is 41.7. The van der Waals surface area contributed by atoms with E-state index in [1.54, 1.807) is 0 Å². The van der Waals surface area contributed by atoms with E-state index in [9.17, 15) is 19.5 Å². The second kappa shape index (κ2) is 75.1. The van der Waals surface area contributed by atoms with Gasteiger partial charge in [-0.25, -0.2) is 4.79 Å². The Morgan fingerprint density at radius 1 is 0.283 bits per heavy atom. The first-order valence-corrected chi connectivity index (χ1v) is 41.7. The van der Waals surface area contributed by atoms with Crippen molar-refractivity contribution in [1.29, 1.82) is 0 Å². The minimum Gasteiger partial charge on any atom is -0.477 e. The monoisotopic (exact) mass is 1300 g/mol. The van der Waals surface area contributed by atoms with Crippen LogP contribution in [-0.4, -0.2) is 87.4 Å². The Bertz CT molecular complexity index is 1470. The largest absolute Gasteiger partial charge is 0.477 e. The molecule has 0 amide bonds. The molecule has 2 unspecified atom stereocenters. The summed E-state index contributed by atoms with van der Waals surface area (Å²) in [5, 5.41) is 9.77. The van der Waals surface area contributed by atoms with E-state index in [1.165, 1.54) is 392 Å². The lowest BCUT2D eigenvalue weighted by Gasteiger charge is -2.25. The van der Waals surface area contributed by atoms with Gasteiger partial charge in [-0.3, -0.25) is 9.59 Å². The van der Waals surface area contributed by atoms with Gasteiger partial charge in [0.25, 0.3) is 6.29 Å². The second-order valence-corrected chi connectivity index (χ2v) is 30.2. The number of unbranched alkanes of at least 4 members (excludes halogenated alkanes) is 65. The molecule has 92 heavy (non-hydrogen) atoms. The number of aliphatic carboxylic acids is 1. The molecule has 0 heterocycles. The summed E-state index contributed by atoms with van der Waals surface area (Å²) in [5.74, 6) is -1.96. The molecule has 0 spiro atoms. The summed E-state index contributed by atoms with van der Waals surface area (Å²) in [5.41, 5.74) is 0. The highest BCUT2D eigenvalue weighted by molar-refractivity contribution is 5.71. The molecular formula is C83H164NO8+. The number of rotatable bonds is 80. The van der Waals surface area contributed by atoms with Gasteiger partial charge in [0.1, 0.15) is 13.2 Å². The normalized spacial score (nSPS) is 12.5. The number of carboxylic acids is 1. The molecule has 0 aromatic rings. The third-order valence-corrected chi connectivity index (χ3v) is 19.6. The van der Waals surface area contributed by atoms with Gasteiger partial charge in [-0.05, 0) is 12.8 Å². The summed E-state index contributed by atoms with van der Waals surface area (Å²) in [6.07, 6.45) is 90.0. The zero-order valence-corrected chi connectivity index (χ0v) is 63.0. The Labute approximate surface area is 574 Å². The van der Waals surface area contributed by atoms with Crippen LogP contribution < -0.4 is 0 Å². The Morgan fingerprint density at radius 2 is 0.489 bits per heavy atom. The van der Waals surface area contributed by atoms with E-state index in [1.807, 2.05) is 21.1 Å². The molecule has 0 aliphatic heterocycles. The maximum Gasteiger partial charge on any atom is 0.361 e. The molecule has 2 atom stereocenters. The lowest BCUT2D eigenvalue weighted by atomic mass is 10.0. The van der Waals surface area contributed by atoms with E-state index >= 15 is 0 Å². The number of likely N-dealkylation sites (N-methyl/N-ethyl adjacent to an activating group) is 1. The number of ether oxygens (including phenoxy) is 4. The number of esters is 2. The van der Waals surface area contributed by atoms with Crippen molar-refractivity contribution >= 4 is 17.9 Å². The van der Waals surface area contributed by atoms with Gasteiger partial charge in [-0.1, -0.05) is 431 Å². The number of carbonyl (C=O) groups is 3. The number of nitrogens with zero attached hydrogens (tertiary/aromatic N) is 1. The van der Waals surface area contributed by atoms with Crippen LogP contribution in [0.3, 0.4) is 0 Å². The fourth-order valence-electron chi connectivity index (χ4n) is 13.3. The zero-order chi connectivity index (χ0) is 66.8. The fourth-order valence-corrected chi connectivity index (χ4v) is 13.3. The van der Waals surface area contributed by atoms with Crippen LogP contribution in [0, 0.1) is 0 Å². The SMILES string of the molecule is CCCCCCCCCCCCCCCCCCCCCCCCCCCCCCCCCCCCCCCCCC(=O)OC(COC(=O)CCCCCCCCCCCCCCCCCCCCCCCCCCCCCC)COC(OCC[N+](C)(C)C)C(=O)O. The van der Waals surface area contributed by atoms with Gasteiger partial charge in [0.2, 0.25) is 0 Å². The maximum absolute atomic E-state index is 13.0. The molecule has 0 aliphatic carbocycles. The lowest BCUT2D eigenvalue weighted by molar-refractivity contribution is -0.870. The van der Waals surface area contributed by atoms with Crippen LogP contribution in [0.25, 0.3) is 0 Å². The van der Waals surface area contributed by atoms with Gasteiger partial charge in [0, 0.05) is 12.8 Å². The van der Waals surface area contributed by atoms with Gasteiger partial charge in [-0.15, -0.1) is 0 Å². The topological polar surface area (TPSA) is 108 Å². The Balaban J connectivity index is 3.90. The van der Waals surface area contributed by atoms with E-state index in [4.69, 9.17) is 18.9 Å². The number of hydrogen-bond acceptors (Lipinski definition) is 7. The van der Waals surface area contributed by atoms with Crippen LogP contribution in [0.4, 0.5) is 0 Å². The number of carbonyl (C=O) groups excluding carboxylic acids is 2. The van der Waals surface area contributed by atoms with Crippen LogP contribution in [0.5, 0.6) is 0 Å². The number of carboxylic acid groups (broad SMARTS) is 1. The van der Waals surface area contributed by atoms with Crippen molar-refractivity contribution in [1.82, 2.24) is 0 Å². The predicted molar refractivity (Wildman–Crippen MR) is 397 cm³/mol. The molecule has 0 rings (SSSR count). The summed E-state index contributed by atoms with van der Waals surface area (Å²) in [6, 6.07) is 0. The van der Waals surface area contributed by atoms with Gasteiger partial charge in [0.05, 0.1) is 34.4 Å². The summed E-state index contributed by atoms with van der Waals surface area (Å²) in [6.45, 7) is 4.99. The van der Waals surface area contributed by atoms with Crippen molar-refractivity contribution in [3.8, 4) is 0 Å². The highest BCUT2D eigenvalue weighted by Crippen LogP contribution is 2.21. The van der Waals surface area contributed by atoms with E-state index in [0.717, 1.165) is 38.5 Å². The van der Waals surface area contributed by atoms with Crippen molar-refractivity contribution in [2.75, 3.05) is 47.5 Å². The molecule has 9 heteroatoms. The summed E-state index contributed by atoms with van der Waals surface area (Å²) in [4.78, 5) is 37.7. The lowest BCUT2D eigenvalue weighted by Crippen LogP contribution is -2.40. The average Bonchev–Trinajstić information content (AvgIpc) is 3.75. The first-order chi connectivity index (χ1) is 45.1. The molecule has 0 radical (unpaired) electrons. The van der Waals surface area contributed by atoms with Crippen molar-refractivity contribution in [2.45, 2.75) is 469 Å². The Hall–Kier alpha value is -1.71. The predicted octanol–water partition coefficient (Wildman–Crippen LogP) is 26.5. The standard InChI is InChI=1S/C83H163NO8/c1-6-8-10-12-14-16-18-20-22-24-26-28-30-32-34-36-37-38-39-40-41-42-43-44-45-46-48-50-52-54-56-58-60-62-64-66-68-70-72-74-81(86)92-79(78-91-83(82(87)88)89-76-75-84(3,4)5)77-90-80(85)73-71-69-67-65-63-61-59-57-55-53-51-49-47-35-33-31-29-27-25-23-21-19-17-15-13-11-9-7-2/h79,83H,6-78H2,1-5H3/p+1. The quantitative estimate of drug-likeness (QED) is 0.0278. The molecular weight excluding hydrogens is 1140 g/mol. The highest BCUT2D eigenvalue weighted by atomic mass is 16.7. The van der Waals surface area contributed by atoms with Crippen LogP contribution in [0.2, 0.25) is 0 Å². The Kier molecular flexibility index (Phi) is 73.7. The molecule has 0 fully saturated rings. The van der Waals surface area contributed by atoms with E-state index in [2.05, 4.69) is 13.8 Å². The van der Waals surface area contributed by atoms with Crippen molar-refractivity contribution < 1.29 is 42.9 Å². The molecule has 0 saturated heterocycles. The first kappa shape index (κ1) is 90.3. The molecule has 9 nitrogen and oxygen atoms in total. The zero-order valence-electron chi connectivity index (χ0n) is 63.0. The minimum atomic E-state index is -1.51. The minimum absolute atomic E-state index is 0.172. The van der Waals surface area contributed by atoms with E-state index in [0.29, 0.717) is 17.4 Å². The molecule has 0 saturated carbocycles. The van der Waals surface area contributed by atoms with E-state index < -0.39 is 18.4 Å². The summed E-state index contributed by atoms with van der Waals surface area (Å²) < 4.78 is 23.1. The van der Waals surface area contributed by atoms with Gasteiger partial charge >= 0.3 is 17.9 Å². The summed E-state index contributed by atoms with van der Waals surface area (Å²) >= 11 is 0. The molecule has 0 aromatic heterocycles. The van der Waals surface area contributed by atoms with E-state index in [-0.39, 0.29) is 38.2 Å². The average molecular weight is 1300 g/mol. The number of quaternary nitrogens is 1. The third kappa shape index (κ3) is 75.7. The molecule has 0 bridgehead atoms. The Morgan fingerprint density at radius 3 is 0.696 bits per heavy atom. The molecule has 0 aliphatic rings. The van der Waals surface area contributed by atoms with Gasteiger partial charge in [-0.2, -0.15) is 0 Å². The van der Waals surface area contributed by atoms with Crippen molar-refractivity contribution in [2.24, 2.45) is 0 Å². The molecule has 1 N–H and O–H groups in total. The fraction of sp³-hybridized carbons (Fsp3) is 0.964. The highest BCUT2D eigenvalue weighted by Gasteiger charge is 2.25. The van der Waals surface area contributed by atoms with Crippen LogP contribution >= 0.6 is 0 Å². The second-order valence-electron chi connectivity index (χ2n) is 30.2. The third-order valence-electron chi connectivity index (χ3n) is 19.6. The van der Waals surface area contributed by atoms with Gasteiger partial charge < -0.3 is 28.5 Å². The van der Waals surface area contributed by atoms with Gasteiger partial charge in [0.15, 0.2) is 6.10 Å². The molecule has 548 valence electrons. The smallest absolute Gasteiger partial charge is 0.361 e. The van der Waals surface area contributed by atoms with Crippen molar-refractivity contribution in [3.63, 3.8) is 0 Å². The van der Waals surface area contributed by atoms with Crippen molar-refractivity contribution in [3.05, 3.63) is 0 Å². The summed E-state index contributed by atoms with van der Waals surface area (Å²) in [7, 11) is 6.01. The molecule has 0 aromatic carbocycles. The van der Waals surface area contributed by atoms with Crippen LogP contribution in [-0.2, 0) is 33.3 Å². The van der Waals surface area contributed by atoms with Crippen LogP contribution in [0.1, 0.15) is 457 Å². The number of hydrogen-bond donors (Lipinski definition) is 1.